The Kier molecular flexibility index (Phi) is 3.50. The lowest BCUT2D eigenvalue weighted by Crippen LogP contribution is -2.26. The van der Waals surface area contributed by atoms with Gasteiger partial charge in [0.2, 0.25) is 11.7 Å². The largest absolute Gasteiger partial charge is 0.334 e. The van der Waals surface area contributed by atoms with Crippen LogP contribution in [0.1, 0.15) is 44.2 Å². The first-order valence-electron chi connectivity index (χ1n) is 8.12. The van der Waals surface area contributed by atoms with Gasteiger partial charge in [-0.3, -0.25) is 4.79 Å². The predicted octanol–water partition coefficient (Wildman–Crippen LogP) is 4.21. The van der Waals surface area contributed by atoms with Crippen molar-refractivity contribution in [1.82, 2.24) is 15.1 Å². The molecule has 0 bridgehead atoms. The SMILES string of the molecule is CC(C)c1nc(-c2noc(-c3ccc4c(c3)NC(=O)C4(C)C)n2)cs1. The molecule has 0 saturated carbocycles. The average Bonchev–Trinajstić information content (AvgIpc) is 3.27. The third-order valence-corrected chi connectivity index (χ3v) is 5.57. The summed E-state index contributed by atoms with van der Waals surface area (Å²) in [6.07, 6.45) is 0. The number of thiazole rings is 1. The van der Waals surface area contributed by atoms with Crippen LogP contribution < -0.4 is 5.32 Å². The highest BCUT2D eigenvalue weighted by molar-refractivity contribution is 7.10. The van der Waals surface area contributed by atoms with E-state index in [-0.39, 0.29) is 5.91 Å². The van der Waals surface area contributed by atoms with E-state index in [4.69, 9.17) is 4.52 Å². The number of benzene rings is 1. The van der Waals surface area contributed by atoms with E-state index in [1.54, 1.807) is 11.3 Å². The highest BCUT2D eigenvalue weighted by atomic mass is 32.1. The molecule has 0 saturated heterocycles. The summed E-state index contributed by atoms with van der Waals surface area (Å²) in [5.41, 5.74) is 2.74. The molecule has 1 amide bonds. The van der Waals surface area contributed by atoms with Crippen molar-refractivity contribution >= 4 is 22.9 Å². The summed E-state index contributed by atoms with van der Waals surface area (Å²) in [6.45, 7) is 8.02. The number of anilines is 1. The number of fused-ring (bicyclic) bond motifs is 1. The van der Waals surface area contributed by atoms with Crippen molar-refractivity contribution in [1.29, 1.82) is 0 Å². The maximum absolute atomic E-state index is 12.1. The Hall–Kier alpha value is -2.54. The molecule has 0 unspecified atom stereocenters. The van der Waals surface area contributed by atoms with Gasteiger partial charge in [-0.25, -0.2) is 4.98 Å². The van der Waals surface area contributed by atoms with Gasteiger partial charge in [0, 0.05) is 22.5 Å². The number of rotatable bonds is 3. The van der Waals surface area contributed by atoms with Crippen molar-refractivity contribution in [3.05, 3.63) is 34.2 Å². The fourth-order valence-electron chi connectivity index (χ4n) is 2.83. The van der Waals surface area contributed by atoms with Crippen molar-refractivity contribution < 1.29 is 9.32 Å². The van der Waals surface area contributed by atoms with Gasteiger partial charge in [0.25, 0.3) is 5.89 Å². The fourth-order valence-corrected chi connectivity index (χ4v) is 3.64. The summed E-state index contributed by atoms with van der Waals surface area (Å²) >= 11 is 1.59. The van der Waals surface area contributed by atoms with Gasteiger partial charge in [-0.2, -0.15) is 4.98 Å². The van der Waals surface area contributed by atoms with Crippen molar-refractivity contribution in [2.75, 3.05) is 5.32 Å². The van der Waals surface area contributed by atoms with Crippen LogP contribution in [0.4, 0.5) is 5.69 Å². The molecule has 1 aliphatic heterocycles. The standard InChI is InChI=1S/C18H18N4O2S/c1-9(2)16-19-13(8-25-16)14-21-15(24-22-14)10-5-6-11-12(7-10)20-17(23)18(11,3)4/h5-9H,1-4H3,(H,20,23). The van der Waals surface area contributed by atoms with Gasteiger partial charge >= 0.3 is 0 Å². The Morgan fingerprint density at radius 3 is 2.76 bits per heavy atom. The van der Waals surface area contributed by atoms with Gasteiger partial charge in [0.05, 0.1) is 10.4 Å². The Bertz CT molecular complexity index is 971. The molecule has 2 aromatic heterocycles. The molecule has 6 nitrogen and oxygen atoms in total. The number of nitrogens with zero attached hydrogens (tertiary/aromatic N) is 3. The third-order valence-electron chi connectivity index (χ3n) is 4.43. The number of aromatic nitrogens is 3. The number of nitrogens with one attached hydrogen (secondary N) is 1. The lowest BCUT2D eigenvalue weighted by Gasteiger charge is -2.14. The first-order chi connectivity index (χ1) is 11.9. The number of amides is 1. The first kappa shape index (κ1) is 16.0. The predicted molar refractivity (Wildman–Crippen MR) is 96.6 cm³/mol. The number of carbonyl (C=O) groups is 1. The van der Waals surface area contributed by atoms with Crippen molar-refractivity contribution in [3.63, 3.8) is 0 Å². The van der Waals surface area contributed by atoms with Crippen LogP contribution in [0.3, 0.4) is 0 Å². The molecular weight excluding hydrogens is 336 g/mol. The Morgan fingerprint density at radius 1 is 1.24 bits per heavy atom. The van der Waals surface area contributed by atoms with Crippen LogP contribution in [-0.4, -0.2) is 21.0 Å². The molecule has 0 fully saturated rings. The zero-order valence-corrected chi connectivity index (χ0v) is 15.3. The van der Waals surface area contributed by atoms with Crippen LogP contribution in [0.5, 0.6) is 0 Å². The molecule has 0 radical (unpaired) electrons. The summed E-state index contributed by atoms with van der Waals surface area (Å²) in [7, 11) is 0. The van der Waals surface area contributed by atoms with Crippen LogP contribution in [0.25, 0.3) is 23.0 Å². The van der Waals surface area contributed by atoms with Crippen LogP contribution in [0.2, 0.25) is 0 Å². The molecule has 1 aromatic carbocycles. The topological polar surface area (TPSA) is 80.9 Å². The number of carbonyl (C=O) groups excluding carboxylic acids is 1. The summed E-state index contributed by atoms with van der Waals surface area (Å²) in [5.74, 6) is 1.25. The smallest absolute Gasteiger partial charge is 0.258 e. The second kappa shape index (κ2) is 5.49. The van der Waals surface area contributed by atoms with E-state index in [9.17, 15) is 4.79 Å². The van der Waals surface area contributed by atoms with Gasteiger partial charge in [-0.15, -0.1) is 11.3 Å². The van der Waals surface area contributed by atoms with E-state index in [0.717, 1.165) is 27.5 Å². The molecule has 0 aliphatic carbocycles. The molecule has 128 valence electrons. The summed E-state index contributed by atoms with van der Waals surface area (Å²) < 4.78 is 5.40. The highest BCUT2D eigenvalue weighted by Gasteiger charge is 2.38. The summed E-state index contributed by atoms with van der Waals surface area (Å²) in [6, 6.07) is 5.71. The van der Waals surface area contributed by atoms with Crippen molar-refractivity contribution in [2.45, 2.75) is 39.0 Å². The van der Waals surface area contributed by atoms with E-state index < -0.39 is 5.41 Å². The zero-order chi connectivity index (χ0) is 17.8. The van der Waals surface area contributed by atoms with E-state index in [1.165, 1.54) is 0 Å². The van der Waals surface area contributed by atoms with Crippen LogP contribution in [0.15, 0.2) is 28.1 Å². The van der Waals surface area contributed by atoms with Crippen LogP contribution in [-0.2, 0) is 10.2 Å². The lowest BCUT2D eigenvalue weighted by molar-refractivity contribution is -0.119. The van der Waals surface area contributed by atoms with Gasteiger partial charge in [-0.05, 0) is 31.5 Å². The molecule has 0 atom stereocenters. The molecule has 4 rings (SSSR count). The minimum absolute atomic E-state index is 0.00504. The first-order valence-corrected chi connectivity index (χ1v) is 9.00. The zero-order valence-electron chi connectivity index (χ0n) is 14.5. The monoisotopic (exact) mass is 354 g/mol. The normalized spacial score (nSPS) is 15.5. The molecule has 1 N–H and O–H groups in total. The Balaban J connectivity index is 1.67. The van der Waals surface area contributed by atoms with Gasteiger partial charge in [0.1, 0.15) is 5.69 Å². The molecule has 3 aromatic rings. The van der Waals surface area contributed by atoms with Crippen LogP contribution >= 0.6 is 11.3 Å². The molecule has 3 heterocycles. The molecule has 0 spiro atoms. The molecule has 7 heteroatoms. The van der Waals surface area contributed by atoms with E-state index in [1.807, 2.05) is 37.4 Å². The minimum atomic E-state index is -0.526. The maximum Gasteiger partial charge on any atom is 0.258 e. The summed E-state index contributed by atoms with van der Waals surface area (Å²) in [4.78, 5) is 21.1. The van der Waals surface area contributed by atoms with E-state index in [2.05, 4.69) is 34.3 Å². The van der Waals surface area contributed by atoms with Gasteiger partial charge in [-0.1, -0.05) is 25.1 Å². The lowest BCUT2D eigenvalue weighted by atomic mass is 9.86. The van der Waals surface area contributed by atoms with Gasteiger partial charge < -0.3 is 9.84 Å². The fraction of sp³-hybridized carbons (Fsp3) is 0.333. The average molecular weight is 354 g/mol. The van der Waals surface area contributed by atoms with Crippen molar-refractivity contribution in [2.24, 2.45) is 0 Å². The molecule has 1 aliphatic rings. The summed E-state index contributed by atoms with van der Waals surface area (Å²) in [5, 5.41) is 9.94. The van der Waals surface area contributed by atoms with Gasteiger partial charge in [0.15, 0.2) is 0 Å². The Morgan fingerprint density at radius 2 is 2.04 bits per heavy atom. The number of hydrogen-bond acceptors (Lipinski definition) is 6. The maximum atomic E-state index is 12.1. The van der Waals surface area contributed by atoms with Crippen molar-refractivity contribution in [3.8, 4) is 23.0 Å². The minimum Gasteiger partial charge on any atom is -0.334 e. The number of hydrogen-bond donors (Lipinski definition) is 1. The van der Waals surface area contributed by atoms with Crippen LogP contribution in [0, 0.1) is 0 Å². The third kappa shape index (κ3) is 2.55. The second-order valence-electron chi connectivity index (χ2n) is 6.99. The Labute approximate surface area is 149 Å². The van der Waals surface area contributed by atoms with E-state index >= 15 is 0 Å². The molecular formula is C18H18N4O2S. The van der Waals surface area contributed by atoms with E-state index in [0.29, 0.717) is 17.6 Å². The molecule has 25 heavy (non-hydrogen) atoms. The quantitative estimate of drug-likeness (QED) is 0.762. The second-order valence-corrected chi connectivity index (χ2v) is 7.88. The highest BCUT2D eigenvalue weighted by Crippen LogP contribution is 2.39.